The second-order valence-electron chi connectivity index (χ2n) is 6.38. The Morgan fingerprint density at radius 3 is 2.60 bits per heavy atom. The van der Waals surface area contributed by atoms with Gasteiger partial charge in [0.2, 0.25) is 0 Å². The monoisotopic (exact) mass is 341 g/mol. The molecule has 20 heavy (non-hydrogen) atoms. The maximum Gasteiger partial charge on any atom is 0.120 e. The van der Waals surface area contributed by atoms with Gasteiger partial charge in [-0.1, -0.05) is 35.3 Å². The second kappa shape index (κ2) is 8.68. The van der Waals surface area contributed by atoms with Crippen LogP contribution in [0.2, 0.25) is 0 Å². The number of benzene rings is 1. The Balaban J connectivity index is 2.35. The first kappa shape index (κ1) is 17.5. The minimum absolute atomic E-state index is 0.192. The molecule has 0 aliphatic rings. The van der Waals surface area contributed by atoms with E-state index < -0.39 is 0 Å². The SMILES string of the molecule is CCCC(CCOc1cccc(Br)c1)CNC(C)(C)C. The molecule has 1 atom stereocenters. The molecule has 0 amide bonds. The van der Waals surface area contributed by atoms with E-state index in [1.165, 1.54) is 12.8 Å². The summed E-state index contributed by atoms with van der Waals surface area (Å²) in [5.41, 5.74) is 0.192. The molecule has 1 aromatic carbocycles. The molecule has 1 aromatic rings. The topological polar surface area (TPSA) is 21.3 Å². The minimum Gasteiger partial charge on any atom is -0.494 e. The van der Waals surface area contributed by atoms with Crippen LogP contribution in [0.3, 0.4) is 0 Å². The van der Waals surface area contributed by atoms with Crippen LogP contribution in [0.25, 0.3) is 0 Å². The van der Waals surface area contributed by atoms with Gasteiger partial charge in [-0.15, -0.1) is 0 Å². The largest absolute Gasteiger partial charge is 0.494 e. The van der Waals surface area contributed by atoms with Crippen molar-refractivity contribution in [2.24, 2.45) is 5.92 Å². The van der Waals surface area contributed by atoms with Gasteiger partial charge in [0, 0.05) is 10.0 Å². The number of hydrogen-bond acceptors (Lipinski definition) is 2. The van der Waals surface area contributed by atoms with Crippen LogP contribution in [-0.4, -0.2) is 18.7 Å². The van der Waals surface area contributed by atoms with Crippen molar-refractivity contribution >= 4 is 15.9 Å². The highest BCUT2D eigenvalue weighted by Gasteiger charge is 2.13. The molecule has 1 N–H and O–H groups in total. The van der Waals surface area contributed by atoms with Crippen molar-refractivity contribution in [2.75, 3.05) is 13.2 Å². The first-order chi connectivity index (χ1) is 9.40. The Morgan fingerprint density at radius 1 is 1.25 bits per heavy atom. The summed E-state index contributed by atoms with van der Waals surface area (Å²) >= 11 is 3.46. The van der Waals surface area contributed by atoms with Crippen molar-refractivity contribution in [1.82, 2.24) is 5.32 Å². The molecule has 0 saturated heterocycles. The third kappa shape index (κ3) is 7.91. The number of hydrogen-bond donors (Lipinski definition) is 1. The molecule has 0 aliphatic heterocycles. The summed E-state index contributed by atoms with van der Waals surface area (Å²) in [6.07, 6.45) is 3.59. The summed E-state index contributed by atoms with van der Waals surface area (Å²) in [5.74, 6) is 1.63. The van der Waals surface area contributed by atoms with E-state index in [2.05, 4.69) is 48.9 Å². The van der Waals surface area contributed by atoms with Crippen molar-refractivity contribution in [2.45, 2.75) is 52.5 Å². The average Bonchev–Trinajstić information content (AvgIpc) is 2.35. The van der Waals surface area contributed by atoms with Crippen LogP contribution in [0.4, 0.5) is 0 Å². The summed E-state index contributed by atoms with van der Waals surface area (Å²) in [4.78, 5) is 0. The predicted octanol–water partition coefficient (Wildman–Crippen LogP) is 5.02. The van der Waals surface area contributed by atoms with Crippen LogP contribution in [-0.2, 0) is 0 Å². The number of rotatable bonds is 8. The van der Waals surface area contributed by atoms with Crippen LogP contribution < -0.4 is 10.1 Å². The zero-order valence-corrected chi connectivity index (χ0v) is 14.8. The van der Waals surface area contributed by atoms with Gasteiger partial charge in [-0.05, 0) is 64.3 Å². The van der Waals surface area contributed by atoms with Gasteiger partial charge >= 0.3 is 0 Å². The lowest BCUT2D eigenvalue weighted by Crippen LogP contribution is -2.39. The van der Waals surface area contributed by atoms with Crippen molar-refractivity contribution in [3.63, 3.8) is 0 Å². The molecule has 2 nitrogen and oxygen atoms in total. The van der Waals surface area contributed by atoms with Gasteiger partial charge in [-0.25, -0.2) is 0 Å². The van der Waals surface area contributed by atoms with E-state index in [1.807, 2.05) is 24.3 Å². The third-order valence-corrected chi connectivity index (χ3v) is 3.70. The van der Waals surface area contributed by atoms with Crippen molar-refractivity contribution < 1.29 is 4.74 Å². The van der Waals surface area contributed by atoms with Gasteiger partial charge in [0.25, 0.3) is 0 Å². The second-order valence-corrected chi connectivity index (χ2v) is 7.30. The minimum atomic E-state index is 0.192. The zero-order valence-electron chi connectivity index (χ0n) is 13.2. The van der Waals surface area contributed by atoms with Crippen LogP contribution in [0.15, 0.2) is 28.7 Å². The summed E-state index contributed by atoms with van der Waals surface area (Å²) < 4.78 is 6.90. The normalized spacial score (nSPS) is 13.2. The molecular weight excluding hydrogens is 314 g/mol. The van der Waals surface area contributed by atoms with E-state index in [0.717, 1.165) is 29.8 Å². The van der Waals surface area contributed by atoms with Gasteiger partial charge in [-0.3, -0.25) is 0 Å². The van der Waals surface area contributed by atoms with Crippen LogP contribution in [0.5, 0.6) is 5.75 Å². The van der Waals surface area contributed by atoms with Gasteiger partial charge in [0.1, 0.15) is 5.75 Å². The Hall–Kier alpha value is -0.540. The van der Waals surface area contributed by atoms with Gasteiger partial charge in [0.15, 0.2) is 0 Å². The fourth-order valence-electron chi connectivity index (χ4n) is 2.11. The summed E-state index contributed by atoms with van der Waals surface area (Å²) in [5, 5.41) is 3.60. The van der Waals surface area contributed by atoms with E-state index in [1.54, 1.807) is 0 Å². The lowest BCUT2D eigenvalue weighted by molar-refractivity contribution is 0.257. The first-order valence-electron chi connectivity index (χ1n) is 7.54. The number of ether oxygens (including phenoxy) is 1. The Bertz CT molecular complexity index is 387. The maximum atomic E-state index is 5.84. The van der Waals surface area contributed by atoms with Crippen LogP contribution in [0, 0.1) is 5.92 Å². The van der Waals surface area contributed by atoms with Gasteiger partial charge in [0.05, 0.1) is 6.61 Å². The highest BCUT2D eigenvalue weighted by Crippen LogP contribution is 2.19. The van der Waals surface area contributed by atoms with E-state index in [4.69, 9.17) is 4.74 Å². The van der Waals surface area contributed by atoms with Crippen LogP contribution >= 0.6 is 15.9 Å². The number of nitrogens with one attached hydrogen (secondary N) is 1. The highest BCUT2D eigenvalue weighted by molar-refractivity contribution is 9.10. The van der Waals surface area contributed by atoms with Crippen molar-refractivity contribution in [3.05, 3.63) is 28.7 Å². The van der Waals surface area contributed by atoms with Crippen molar-refractivity contribution in [3.8, 4) is 5.75 Å². The van der Waals surface area contributed by atoms with E-state index in [0.29, 0.717) is 5.92 Å². The Morgan fingerprint density at radius 2 is 2.00 bits per heavy atom. The van der Waals surface area contributed by atoms with Gasteiger partial charge < -0.3 is 10.1 Å². The molecule has 1 unspecified atom stereocenters. The molecule has 0 fully saturated rings. The van der Waals surface area contributed by atoms with E-state index in [9.17, 15) is 0 Å². The maximum absolute atomic E-state index is 5.84. The molecule has 3 heteroatoms. The molecule has 0 spiro atoms. The zero-order chi connectivity index (χ0) is 15.0. The molecule has 0 aliphatic carbocycles. The highest BCUT2D eigenvalue weighted by atomic mass is 79.9. The smallest absolute Gasteiger partial charge is 0.120 e. The molecule has 0 bridgehead atoms. The van der Waals surface area contributed by atoms with Gasteiger partial charge in [-0.2, -0.15) is 0 Å². The van der Waals surface area contributed by atoms with Crippen LogP contribution in [0.1, 0.15) is 47.0 Å². The standard InChI is InChI=1S/C17H28BrNO/c1-5-7-14(13-19-17(2,3)4)10-11-20-16-9-6-8-15(18)12-16/h6,8-9,12,14,19H,5,7,10-11,13H2,1-4H3. The summed E-state index contributed by atoms with van der Waals surface area (Å²) in [7, 11) is 0. The first-order valence-corrected chi connectivity index (χ1v) is 8.33. The average molecular weight is 342 g/mol. The molecule has 0 heterocycles. The fraction of sp³-hybridized carbons (Fsp3) is 0.647. The fourth-order valence-corrected chi connectivity index (χ4v) is 2.49. The molecular formula is C17H28BrNO. The Labute approximate surface area is 132 Å². The third-order valence-electron chi connectivity index (χ3n) is 3.21. The molecule has 0 radical (unpaired) electrons. The summed E-state index contributed by atoms with van der Waals surface area (Å²) in [6.45, 7) is 10.8. The molecule has 0 saturated carbocycles. The molecule has 114 valence electrons. The lowest BCUT2D eigenvalue weighted by Gasteiger charge is -2.25. The summed E-state index contributed by atoms with van der Waals surface area (Å²) in [6, 6.07) is 8.04. The molecule has 1 rings (SSSR count). The Kier molecular flexibility index (Phi) is 7.60. The van der Waals surface area contributed by atoms with E-state index >= 15 is 0 Å². The molecule has 0 aromatic heterocycles. The lowest BCUT2D eigenvalue weighted by atomic mass is 9.98. The predicted molar refractivity (Wildman–Crippen MR) is 90.4 cm³/mol. The quantitative estimate of drug-likeness (QED) is 0.716. The van der Waals surface area contributed by atoms with E-state index in [-0.39, 0.29) is 5.54 Å². The number of halogens is 1. The van der Waals surface area contributed by atoms with Crippen molar-refractivity contribution in [1.29, 1.82) is 0 Å².